The van der Waals surface area contributed by atoms with Crippen molar-refractivity contribution in [2.75, 3.05) is 17.8 Å². The SMILES string of the molecule is COc1cc([C@H]2SCC(=O)N2c2ccc(Cl)cc2)ccc1OCc1ccc(Br)cc1. The Morgan fingerprint density at radius 3 is 2.50 bits per heavy atom. The standard InChI is InChI=1S/C23H19BrClNO3S/c1-28-21-12-16(4-11-20(21)29-13-15-2-5-17(24)6-3-15)23-26(22(27)14-30-23)19-9-7-18(25)8-10-19/h2-12,23H,13-14H2,1H3/t23-/m1/s1. The summed E-state index contributed by atoms with van der Waals surface area (Å²) in [6.07, 6.45) is 0. The lowest BCUT2D eigenvalue weighted by Crippen LogP contribution is -2.27. The van der Waals surface area contributed by atoms with Crippen molar-refractivity contribution in [1.82, 2.24) is 0 Å². The molecule has 4 rings (SSSR count). The molecule has 30 heavy (non-hydrogen) atoms. The van der Waals surface area contributed by atoms with Crippen LogP contribution in [-0.2, 0) is 11.4 Å². The fourth-order valence-electron chi connectivity index (χ4n) is 3.25. The van der Waals surface area contributed by atoms with Crippen LogP contribution in [-0.4, -0.2) is 18.8 Å². The molecule has 0 spiro atoms. The Morgan fingerprint density at radius 1 is 1.07 bits per heavy atom. The normalized spacial score (nSPS) is 16.0. The lowest BCUT2D eigenvalue weighted by Gasteiger charge is -2.25. The first-order valence-electron chi connectivity index (χ1n) is 9.29. The fraction of sp³-hybridized carbons (Fsp3) is 0.174. The van der Waals surface area contributed by atoms with E-state index in [0.717, 1.165) is 21.3 Å². The summed E-state index contributed by atoms with van der Waals surface area (Å²) in [6.45, 7) is 0.441. The summed E-state index contributed by atoms with van der Waals surface area (Å²) >= 11 is 11.0. The average Bonchev–Trinajstić information content (AvgIpc) is 3.15. The first-order chi connectivity index (χ1) is 14.5. The third-order valence-electron chi connectivity index (χ3n) is 4.75. The monoisotopic (exact) mass is 503 g/mol. The molecule has 1 heterocycles. The van der Waals surface area contributed by atoms with E-state index >= 15 is 0 Å². The van der Waals surface area contributed by atoms with Gasteiger partial charge in [0.25, 0.3) is 0 Å². The van der Waals surface area contributed by atoms with Gasteiger partial charge < -0.3 is 9.47 Å². The number of anilines is 1. The number of benzene rings is 3. The van der Waals surface area contributed by atoms with Gasteiger partial charge in [-0.15, -0.1) is 11.8 Å². The van der Waals surface area contributed by atoms with Crippen molar-refractivity contribution in [3.8, 4) is 11.5 Å². The highest BCUT2D eigenvalue weighted by molar-refractivity contribution is 9.10. The van der Waals surface area contributed by atoms with Crippen LogP contribution >= 0.6 is 39.3 Å². The molecule has 1 aliphatic heterocycles. The van der Waals surface area contributed by atoms with Gasteiger partial charge in [-0.1, -0.05) is 45.7 Å². The Hall–Kier alpha value is -2.15. The predicted molar refractivity (Wildman–Crippen MR) is 126 cm³/mol. The van der Waals surface area contributed by atoms with Gasteiger partial charge in [0, 0.05) is 15.2 Å². The van der Waals surface area contributed by atoms with Crippen molar-refractivity contribution in [2.45, 2.75) is 12.0 Å². The molecule has 1 fully saturated rings. The van der Waals surface area contributed by atoms with Gasteiger partial charge in [-0.2, -0.15) is 0 Å². The molecule has 0 unspecified atom stereocenters. The van der Waals surface area contributed by atoms with Crippen molar-refractivity contribution in [3.63, 3.8) is 0 Å². The van der Waals surface area contributed by atoms with Gasteiger partial charge in [0.2, 0.25) is 5.91 Å². The zero-order valence-electron chi connectivity index (χ0n) is 16.2. The molecule has 154 valence electrons. The van der Waals surface area contributed by atoms with Crippen molar-refractivity contribution in [2.24, 2.45) is 0 Å². The van der Waals surface area contributed by atoms with Crippen molar-refractivity contribution >= 4 is 50.9 Å². The summed E-state index contributed by atoms with van der Waals surface area (Å²) in [7, 11) is 1.62. The minimum Gasteiger partial charge on any atom is -0.493 e. The summed E-state index contributed by atoms with van der Waals surface area (Å²) in [5, 5.41) is 0.511. The van der Waals surface area contributed by atoms with Crippen LogP contribution in [0.25, 0.3) is 0 Å². The molecule has 7 heteroatoms. The van der Waals surface area contributed by atoms with Crippen LogP contribution < -0.4 is 14.4 Å². The van der Waals surface area contributed by atoms with Crippen LogP contribution in [0, 0.1) is 0 Å². The Balaban J connectivity index is 1.56. The number of hydrogen-bond acceptors (Lipinski definition) is 4. The second-order valence-corrected chi connectivity index (χ2v) is 9.15. The van der Waals surface area contributed by atoms with Crippen molar-refractivity contribution in [3.05, 3.63) is 87.4 Å². The van der Waals surface area contributed by atoms with E-state index in [9.17, 15) is 4.79 Å². The van der Waals surface area contributed by atoms with Crippen molar-refractivity contribution < 1.29 is 14.3 Å². The van der Waals surface area contributed by atoms with Crippen LogP contribution in [0.1, 0.15) is 16.5 Å². The maximum absolute atomic E-state index is 12.6. The molecule has 0 radical (unpaired) electrons. The largest absolute Gasteiger partial charge is 0.493 e. The minimum absolute atomic E-state index is 0.0712. The molecule has 1 saturated heterocycles. The van der Waals surface area contributed by atoms with Crippen LogP contribution in [0.4, 0.5) is 5.69 Å². The summed E-state index contributed by atoms with van der Waals surface area (Å²) in [5.41, 5.74) is 2.87. The van der Waals surface area contributed by atoms with Gasteiger partial charge in [0.15, 0.2) is 11.5 Å². The second-order valence-electron chi connectivity index (χ2n) is 6.73. The zero-order chi connectivity index (χ0) is 21.1. The Labute approximate surface area is 193 Å². The third kappa shape index (κ3) is 4.61. The molecule has 3 aromatic carbocycles. The van der Waals surface area contributed by atoms with E-state index in [4.69, 9.17) is 21.1 Å². The Kier molecular flexibility index (Phi) is 6.56. The van der Waals surface area contributed by atoms with E-state index < -0.39 is 0 Å². The molecule has 3 aromatic rings. The maximum Gasteiger partial charge on any atom is 0.238 e. The maximum atomic E-state index is 12.6. The molecule has 0 saturated carbocycles. The highest BCUT2D eigenvalue weighted by Crippen LogP contribution is 2.44. The Bertz CT molecular complexity index is 1040. The van der Waals surface area contributed by atoms with Gasteiger partial charge in [0.1, 0.15) is 12.0 Å². The summed E-state index contributed by atoms with van der Waals surface area (Å²) < 4.78 is 12.6. The number of thioether (sulfide) groups is 1. The molecule has 0 bridgehead atoms. The number of amides is 1. The highest BCUT2D eigenvalue weighted by atomic mass is 79.9. The first kappa shape index (κ1) is 21.1. The molecule has 1 amide bonds. The average molecular weight is 505 g/mol. The fourth-order valence-corrected chi connectivity index (χ4v) is 4.81. The minimum atomic E-state index is -0.131. The topological polar surface area (TPSA) is 38.8 Å². The number of rotatable bonds is 6. The van der Waals surface area contributed by atoms with Gasteiger partial charge in [0.05, 0.1) is 12.9 Å². The van der Waals surface area contributed by atoms with Gasteiger partial charge in [-0.05, 0) is 59.7 Å². The number of carbonyl (C=O) groups excluding carboxylic acids is 1. The molecular weight excluding hydrogens is 486 g/mol. The smallest absolute Gasteiger partial charge is 0.238 e. The van der Waals surface area contributed by atoms with Crippen molar-refractivity contribution in [1.29, 1.82) is 0 Å². The number of ether oxygens (including phenoxy) is 2. The number of halogens is 2. The molecule has 4 nitrogen and oxygen atoms in total. The van der Waals surface area contributed by atoms with Gasteiger partial charge in [-0.25, -0.2) is 0 Å². The van der Waals surface area contributed by atoms with Crippen LogP contribution in [0.5, 0.6) is 11.5 Å². The number of hydrogen-bond donors (Lipinski definition) is 0. The van der Waals surface area contributed by atoms with Gasteiger partial charge in [-0.3, -0.25) is 9.69 Å². The molecule has 1 aliphatic rings. The molecule has 1 atom stereocenters. The molecule has 0 aliphatic carbocycles. The predicted octanol–water partition coefficient (Wildman–Crippen LogP) is 6.47. The van der Waals surface area contributed by atoms with E-state index in [2.05, 4.69) is 15.9 Å². The second kappa shape index (κ2) is 9.33. The highest BCUT2D eigenvalue weighted by Gasteiger charge is 2.34. The lowest BCUT2D eigenvalue weighted by atomic mass is 10.1. The van der Waals surface area contributed by atoms with E-state index in [1.54, 1.807) is 35.9 Å². The van der Waals surface area contributed by atoms with E-state index in [0.29, 0.717) is 28.9 Å². The van der Waals surface area contributed by atoms with Gasteiger partial charge >= 0.3 is 0 Å². The van der Waals surface area contributed by atoms with Crippen LogP contribution in [0.2, 0.25) is 5.02 Å². The lowest BCUT2D eigenvalue weighted by molar-refractivity contribution is -0.115. The van der Waals surface area contributed by atoms with E-state index in [1.807, 2.05) is 54.6 Å². The van der Waals surface area contributed by atoms with E-state index in [-0.39, 0.29) is 11.3 Å². The number of nitrogens with zero attached hydrogens (tertiary/aromatic N) is 1. The summed E-state index contributed by atoms with van der Waals surface area (Å²) in [4.78, 5) is 14.4. The first-order valence-corrected chi connectivity index (χ1v) is 11.5. The molecule has 0 aromatic heterocycles. The van der Waals surface area contributed by atoms with E-state index in [1.165, 1.54) is 0 Å². The van der Waals surface area contributed by atoms with Crippen LogP contribution in [0.3, 0.4) is 0 Å². The molecule has 0 N–H and O–H groups in total. The summed E-state index contributed by atoms with van der Waals surface area (Å²) in [6, 6.07) is 21.1. The number of methoxy groups -OCH3 is 1. The third-order valence-corrected chi connectivity index (χ3v) is 6.75. The number of carbonyl (C=O) groups is 1. The summed E-state index contributed by atoms with van der Waals surface area (Å²) in [5.74, 6) is 1.80. The van der Waals surface area contributed by atoms with Crippen LogP contribution in [0.15, 0.2) is 71.2 Å². The molecular formula is C23H19BrClNO3S. The zero-order valence-corrected chi connectivity index (χ0v) is 19.3. The quantitative estimate of drug-likeness (QED) is 0.386. The Morgan fingerprint density at radius 2 is 1.80 bits per heavy atom.